The number of allylic oxidation sites excluding steroid dienone is 2. The normalized spacial score (nSPS) is 24.7. The molecule has 2 aromatic carbocycles. The fourth-order valence-corrected chi connectivity index (χ4v) is 3.86. The largest absolute Gasteiger partial charge is 0.372 e. The summed E-state index contributed by atoms with van der Waals surface area (Å²) < 4.78 is 0. The molecule has 23 heavy (non-hydrogen) atoms. The lowest BCUT2D eigenvalue weighted by molar-refractivity contribution is -0.384. The van der Waals surface area contributed by atoms with E-state index in [1.807, 2.05) is 6.07 Å². The summed E-state index contributed by atoms with van der Waals surface area (Å²) in [4.78, 5) is 11.1. The third kappa shape index (κ3) is 2.22. The van der Waals surface area contributed by atoms with E-state index in [9.17, 15) is 10.1 Å². The third-order valence-electron chi connectivity index (χ3n) is 5.01. The Hall–Kier alpha value is -2.62. The summed E-state index contributed by atoms with van der Waals surface area (Å²) in [5, 5.41) is 14.9. The van der Waals surface area contributed by atoms with E-state index in [1.54, 1.807) is 12.1 Å². The minimum Gasteiger partial charge on any atom is -0.372 e. The number of fused-ring (bicyclic) bond motifs is 3. The molecule has 4 nitrogen and oxygen atoms in total. The number of hydrogen-bond acceptors (Lipinski definition) is 3. The maximum absolute atomic E-state index is 11.4. The summed E-state index contributed by atoms with van der Waals surface area (Å²) >= 11 is 0. The van der Waals surface area contributed by atoms with Gasteiger partial charge in [-0.1, -0.05) is 54.1 Å². The molecule has 0 unspecified atom stereocenters. The Morgan fingerprint density at radius 2 is 1.96 bits per heavy atom. The SMILES string of the molecule is Cc1ccc([C@@H]2Nc3c(cccc3[N+](=O)[O-])[C@H]3C=CC[C@@H]32)cc1. The van der Waals surface area contributed by atoms with Crippen molar-refractivity contribution in [1.82, 2.24) is 0 Å². The highest BCUT2D eigenvalue weighted by Crippen LogP contribution is 2.51. The molecule has 0 aromatic heterocycles. The zero-order chi connectivity index (χ0) is 16.0. The monoisotopic (exact) mass is 306 g/mol. The maximum atomic E-state index is 11.4. The number of para-hydroxylation sites is 1. The smallest absolute Gasteiger partial charge is 0.292 e. The molecule has 0 bridgehead atoms. The van der Waals surface area contributed by atoms with Crippen LogP contribution in [0, 0.1) is 23.0 Å². The van der Waals surface area contributed by atoms with E-state index in [2.05, 4.69) is 48.7 Å². The molecule has 3 atom stereocenters. The van der Waals surface area contributed by atoms with E-state index in [0.29, 0.717) is 11.6 Å². The quantitative estimate of drug-likeness (QED) is 0.496. The number of nitrogens with zero attached hydrogens (tertiary/aromatic N) is 1. The van der Waals surface area contributed by atoms with Crippen LogP contribution in [0.2, 0.25) is 0 Å². The molecule has 4 heteroatoms. The van der Waals surface area contributed by atoms with Gasteiger partial charge in [-0.3, -0.25) is 10.1 Å². The Bertz CT molecular complexity index is 796. The molecule has 0 fully saturated rings. The standard InChI is InChI=1S/C19H18N2O2/c1-12-8-10-13(11-9-12)18-15-5-2-4-14(15)16-6-3-7-17(21(22)23)19(16)20-18/h2-4,6-11,14-15,18,20H,5H2,1H3/t14-,15-,18-/m0/s1. The molecule has 2 aromatic rings. The topological polar surface area (TPSA) is 55.2 Å². The average Bonchev–Trinajstić information content (AvgIpc) is 3.04. The summed E-state index contributed by atoms with van der Waals surface area (Å²) in [7, 11) is 0. The molecule has 0 radical (unpaired) electrons. The second-order valence-corrected chi connectivity index (χ2v) is 6.38. The van der Waals surface area contributed by atoms with E-state index >= 15 is 0 Å². The van der Waals surface area contributed by atoms with Crippen LogP contribution in [0.25, 0.3) is 0 Å². The number of rotatable bonds is 2. The number of nitro groups is 1. The Balaban J connectivity index is 1.83. The minimum absolute atomic E-state index is 0.101. The van der Waals surface area contributed by atoms with Crippen LogP contribution in [0.3, 0.4) is 0 Å². The number of anilines is 1. The van der Waals surface area contributed by atoms with Gasteiger partial charge in [0.15, 0.2) is 0 Å². The van der Waals surface area contributed by atoms with Gasteiger partial charge in [0.2, 0.25) is 0 Å². The third-order valence-corrected chi connectivity index (χ3v) is 5.01. The molecule has 0 amide bonds. The van der Waals surface area contributed by atoms with Gasteiger partial charge in [-0.25, -0.2) is 0 Å². The van der Waals surface area contributed by atoms with Crippen molar-refractivity contribution in [3.63, 3.8) is 0 Å². The van der Waals surface area contributed by atoms with Gasteiger partial charge in [-0.05, 0) is 30.4 Å². The van der Waals surface area contributed by atoms with Gasteiger partial charge < -0.3 is 5.32 Å². The van der Waals surface area contributed by atoms with Crippen LogP contribution in [0.5, 0.6) is 0 Å². The maximum Gasteiger partial charge on any atom is 0.292 e. The fraction of sp³-hybridized carbons (Fsp3) is 0.263. The van der Waals surface area contributed by atoms with Gasteiger partial charge in [0.1, 0.15) is 5.69 Å². The zero-order valence-electron chi connectivity index (χ0n) is 12.9. The van der Waals surface area contributed by atoms with Crippen LogP contribution in [0.15, 0.2) is 54.6 Å². The Kier molecular flexibility index (Phi) is 3.18. The van der Waals surface area contributed by atoms with E-state index in [4.69, 9.17) is 0 Å². The second-order valence-electron chi connectivity index (χ2n) is 6.38. The lowest BCUT2D eigenvalue weighted by atomic mass is 9.76. The van der Waals surface area contributed by atoms with Gasteiger partial charge in [-0.2, -0.15) is 0 Å². The minimum atomic E-state index is -0.295. The summed E-state index contributed by atoms with van der Waals surface area (Å²) in [6.45, 7) is 2.07. The van der Waals surface area contributed by atoms with Gasteiger partial charge >= 0.3 is 0 Å². The predicted molar refractivity (Wildman–Crippen MR) is 90.6 cm³/mol. The van der Waals surface area contributed by atoms with E-state index in [0.717, 1.165) is 12.0 Å². The fourth-order valence-electron chi connectivity index (χ4n) is 3.86. The number of aryl methyl sites for hydroxylation is 1. The number of nitro benzene ring substituents is 1. The molecule has 116 valence electrons. The first-order valence-corrected chi connectivity index (χ1v) is 7.92. The zero-order valence-corrected chi connectivity index (χ0v) is 12.9. The molecule has 0 saturated heterocycles. The van der Waals surface area contributed by atoms with Crippen LogP contribution in [0.1, 0.15) is 35.1 Å². The molecule has 1 aliphatic carbocycles. The number of hydrogen-bond donors (Lipinski definition) is 1. The molecule has 1 heterocycles. The van der Waals surface area contributed by atoms with Crippen molar-refractivity contribution in [2.24, 2.45) is 5.92 Å². The highest BCUT2D eigenvalue weighted by molar-refractivity contribution is 5.71. The molecule has 0 spiro atoms. The van der Waals surface area contributed by atoms with Crippen molar-refractivity contribution >= 4 is 11.4 Å². The van der Waals surface area contributed by atoms with Crippen molar-refractivity contribution in [2.45, 2.75) is 25.3 Å². The number of benzene rings is 2. The molecule has 1 aliphatic heterocycles. The highest BCUT2D eigenvalue weighted by atomic mass is 16.6. The van der Waals surface area contributed by atoms with Gasteiger partial charge in [-0.15, -0.1) is 0 Å². The van der Waals surface area contributed by atoms with Crippen molar-refractivity contribution in [2.75, 3.05) is 5.32 Å². The van der Waals surface area contributed by atoms with Crippen LogP contribution >= 0.6 is 0 Å². The predicted octanol–water partition coefficient (Wildman–Crippen LogP) is 4.73. The Morgan fingerprint density at radius 1 is 1.17 bits per heavy atom. The first-order chi connectivity index (χ1) is 11.1. The molecule has 0 saturated carbocycles. The van der Waals surface area contributed by atoms with Crippen LogP contribution in [0.4, 0.5) is 11.4 Å². The van der Waals surface area contributed by atoms with E-state index in [1.165, 1.54) is 11.1 Å². The van der Waals surface area contributed by atoms with E-state index < -0.39 is 0 Å². The summed E-state index contributed by atoms with van der Waals surface area (Å²) in [5.41, 5.74) is 4.30. The average molecular weight is 306 g/mol. The van der Waals surface area contributed by atoms with Crippen molar-refractivity contribution in [3.8, 4) is 0 Å². The Labute approximate surface area is 135 Å². The summed E-state index contributed by atoms with van der Waals surface area (Å²) in [6, 6.07) is 13.9. The summed E-state index contributed by atoms with van der Waals surface area (Å²) in [5.74, 6) is 0.657. The lowest BCUT2D eigenvalue weighted by Gasteiger charge is -2.37. The van der Waals surface area contributed by atoms with E-state index in [-0.39, 0.29) is 22.6 Å². The van der Waals surface area contributed by atoms with Crippen LogP contribution < -0.4 is 5.32 Å². The highest BCUT2D eigenvalue weighted by Gasteiger charge is 2.40. The van der Waals surface area contributed by atoms with Crippen molar-refractivity contribution in [1.29, 1.82) is 0 Å². The van der Waals surface area contributed by atoms with Gasteiger partial charge in [0, 0.05) is 12.0 Å². The lowest BCUT2D eigenvalue weighted by Crippen LogP contribution is -2.29. The van der Waals surface area contributed by atoms with Crippen LogP contribution in [-0.4, -0.2) is 4.92 Å². The van der Waals surface area contributed by atoms with Gasteiger partial charge in [0.05, 0.1) is 11.0 Å². The molecule has 1 N–H and O–H groups in total. The van der Waals surface area contributed by atoms with Crippen molar-refractivity contribution < 1.29 is 4.92 Å². The summed E-state index contributed by atoms with van der Waals surface area (Å²) in [6.07, 6.45) is 5.40. The van der Waals surface area contributed by atoms with Crippen LogP contribution in [-0.2, 0) is 0 Å². The molecule has 2 aliphatic rings. The Morgan fingerprint density at radius 3 is 2.70 bits per heavy atom. The molecular weight excluding hydrogens is 288 g/mol. The molecule has 4 rings (SSSR count). The van der Waals surface area contributed by atoms with Crippen molar-refractivity contribution in [3.05, 3.63) is 81.4 Å². The molecular formula is C19H18N2O2. The van der Waals surface area contributed by atoms with Gasteiger partial charge in [0.25, 0.3) is 5.69 Å². The first-order valence-electron chi connectivity index (χ1n) is 7.92. The second kappa shape index (κ2) is 5.23. The first kappa shape index (κ1) is 14.0. The number of nitrogens with one attached hydrogen (secondary N) is 1.